The summed E-state index contributed by atoms with van der Waals surface area (Å²) >= 11 is 5.98. The highest BCUT2D eigenvalue weighted by molar-refractivity contribution is 6.28. The van der Waals surface area contributed by atoms with Crippen molar-refractivity contribution in [2.45, 2.75) is 32.2 Å². The van der Waals surface area contributed by atoms with E-state index in [0.29, 0.717) is 11.3 Å². The number of aromatic nitrogens is 4. The van der Waals surface area contributed by atoms with Crippen molar-refractivity contribution in [3.8, 4) is 0 Å². The van der Waals surface area contributed by atoms with Gasteiger partial charge in [-0.1, -0.05) is 6.92 Å². The molecule has 0 radical (unpaired) electrons. The quantitative estimate of drug-likeness (QED) is 0.783. The third-order valence-corrected chi connectivity index (χ3v) is 3.55. The summed E-state index contributed by atoms with van der Waals surface area (Å²) in [5.41, 5.74) is 1.81. The van der Waals surface area contributed by atoms with E-state index in [1.807, 2.05) is 10.9 Å². The molecule has 0 aliphatic carbocycles. The van der Waals surface area contributed by atoms with Gasteiger partial charge in [-0.05, 0) is 30.9 Å². The van der Waals surface area contributed by atoms with Gasteiger partial charge in [-0.25, -0.2) is 9.67 Å². The van der Waals surface area contributed by atoms with Gasteiger partial charge in [0.1, 0.15) is 0 Å². The van der Waals surface area contributed by atoms with E-state index in [4.69, 9.17) is 16.3 Å². The molecule has 18 heavy (non-hydrogen) atoms. The van der Waals surface area contributed by atoms with E-state index in [0.717, 1.165) is 49.2 Å². The van der Waals surface area contributed by atoms with Crippen LogP contribution in [0.15, 0.2) is 6.20 Å². The summed E-state index contributed by atoms with van der Waals surface area (Å²) in [6.07, 6.45) is 4.62. The van der Waals surface area contributed by atoms with Crippen LogP contribution in [0, 0.1) is 0 Å². The smallest absolute Gasteiger partial charge is 0.224 e. The summed E-state index contributed by atoms with van der Waals surface area (Å²) in [5, 5.41) is 5.78. The molecule has 0 aromatic carbocycles. The molecule has 1 fully saturated rings. The van der Waals surface area contributed by atoms with Crippen LogP contribution in [0.25, 0.3) is 11.0 Å². The van der Waals surface area contributed by atoms with Crippen LogP contribution < -0.4 is 0 Å². The maximum absolute atomic E-state index is 5.98. The molecule has 1 saturated heterocycles. The number of ether oxygens (including phenoxy) is 1. The molecular formula is C12H15ClN4O. The maximum Gasteiger partial charge on any atom is 0.224 e. The summed E-state index contributed by atoms with van der Waals surface area (Å²) in [6, 6.07) is 0.354. The molecule has 0 saturated carbocycles. The van der Waals surface area contributed by atoms with Crippen LogP contribution in [-0.2, 0) is 11.2 Å². The molecule has 96 valence electrons. The average Bonchev–Trinajstić information content (AvgIpc) is 2.82. The van der Waals surface area contributed by atoms with Gasteiger partial charge in [-0.2, -0.15) is 10.1 Å². The minimum atomic E-state index is 0.299. The largest absolute Gasteiger partial charge is 0.381 e. The van der Waals surface area contributed by atoms with Crippen LogP contribution in [0.5, 0.6) is 0 Å². The third kappa shape index (κ3) is 1.97. The molecular weight excluding hydrogens is 252 g/mol. The van der Waals surface area contributed by atoms with Crippen molar-refractivity contribution in [3.63, 3.8) is 0 Å². The van der Waals surface area contributed by atoms with Crippen LogP contribution in [0.2, 0.25) is 5.28 Å². The van der Waals surface area contributed by atoms with E-state index < -0.39 is 0 Å². The monoisotopic (exact) mass is 266 g/mol. The normalized spacial score (nSPS) is 17.4. The standard InChI is InChI=1S/C12H15ClN4O/c1-2-10-9-7-14-17(8-3-5-18-6-4-8)11(9)16-12(13)15-10/h7-8H,2-6H2,1H3. The average molecular weight is 267 g/mol. The van der Waals surface area contributed by atoms with E-state index in [1.165, 1.54) is 0 Å². The van der Waals surface area contributed by atoms with Gasteiger partial charge in [-0.15, -0.1) is 0 Å². The van der Waals surface area contributed by atoms with Crippen molar-refractivity contribution < 1.29 is 4.74 Å². The number of nitrogens with zero attached hydrogens (tertiary/aromatic N) is 4. The Morgan fingerprint density at radius 2 is 2.17 bits per heavy atom. The van der Waals surface area contributed by atoms with Crippen molar-refractivity contribution in [2.75, 3.05) is 13.2 Å². The maximum atomic E-state index is 5.98. The van der Waals surface area contributed by atoms with Crippen LogP contribution in [0.4, 0.5) is 0 Å². The molecule has 0 unspecified atom stereocenters. The Balaban J connectivity index is 2.10. The zero-order valence-corrected chi connectivity index (χ0v) is 11.0. The zero-order chi connectivity index (χ0) is 12.5. The summed E-state index contributed by atoms with van der Waals surface area (Å²) in [4.78, 5) is 8.59. The molecule has 0 bridgehead atoms. The minimum absolute atomic E-state index is 0.299. The number of halogens is 1. The number of hydrogen-bond donors (Lipinski definition) is 0. The Morgan fingerprint density at radius 1 is 1.39 bits per heavy atom. The number of fused-ring (bicyclic) bond motifs is 1. The topological polar surface area (TPSA) is 52.8 Å². The fourth-order valence-electron chi connectivity index (χ4n) is 2.42. The lowest BCUT2D eigenvalue weighted by atomic mass is 10.1. The van der Waals surface area contributed by atoms with Gasteiger partial charge in [0.15, 0.2) is 5.65 Å². The first-order chi connectivity index (χ1) is 8.79. The summed E-state index contributed by atoms with van der Waals surface area (Å²) in [7, 11) is 0. The van der Waals surface area contributed by atoms with E-state index in [2.05, 4.69) is 22.0 Å². The SMILES string of the molecule is CCc1nc(Cl)nc2c1cnn2C1CCOCC1. The fraction of sp³-hybridized carbons (Fsp3) is 0.583. The van der Waals surface area contributed by atoms with Gasteiger partial charge in [-0.3, -0.25) is 0 Å². The minimum Gasteiger partial charge on any atom is -0.381 e. The molecule has 2 aromatic heterocycles. The molecule has 1 aliphatic rings. The Hall–Kier alpha value is -1.20. The van der Waals surface area contributed by atoms with E-state index in [9.17, 15) is 0 Å². The molecule has 0 N–H and O–H groups in total. The summed E-state index contributed by atoms with van der Waals surface area (Å²) in [5.74, 6) is 0. The highest BCUT2D eigenvalue weighted by atomic mass is 35.5. The molecule has 3 heterocycles. The molecule has 0 atom stereocenters. The van der Waals surface area contributed by atoms with Crippen molar-refractivity contribution in [3.05, 3.63) is 17.2 Å². The highest BCUT2D eigenvalue weighted by Gasteiger charge is 2.20. The molecule has 2 aromatic rings. The van der Waals surface area contributed by atoms with Gasteiger partial charge in [0.2, 0.25) is 5.28 Å². The van der Waals surface area contributed by atoms with Crippen LogP contribution in [-0.4, -0.2) is 33.0 Å². The lowest BCUT2D eigenvalue weighted by molar-refractivity contribution is 0.0673. The lowest BCUT2D eigenvalue weighted by Gasteiger charge is -2.22. The summed E-state index contributed by atoms with van der Waals surface area (Å²) < 4.78 is 7.36. The molecule has 5 nitrogen and oxygen atoms in total. The first kappa shape index (κ1) is 11.9. The first-order valence-electron chi connectivity index (χ1n) is 6.27. The van der Waals surface area contributed by atoms with Gasteiger partial charge in [0, 0.05) is 13.2 Å². The molecule has 0 amide bonds. The van der Waals surface area contributed by atoms with Gasteiger partial charge < -0.3 is 4.74 Å². The Labute approximate surface area is 110 Å². The molecule has 6 heteroatoms. The van der Waals surface area contributed by atoms with E-state index in [-0.39, 0.29) is 0 Å². The lowest BCUT2D eigenvalue weighted by Crippen LogP contribution is -2.20. The second-order valence-corrected chi connectivity index (χ2v) is 4.80. The molecule has 0 spiro atoms. The number of aryl methyl sites for hydroxylation is 1. The Kier molecular flexibility index (Phi) is 3.18. The van der Waals surface area contributed by atoms with Crippen LogP contribution >= 0.6 is 11.6 Å². The van der Waals surface area contributed by atoms with E-state index in [1.54, 1.807) is 0 Å². The number of rotatable bonds is 2. The van der Waals surface area contributed by atoms with Gasteiger partial charge >= 0.3 is 0 Å². The second kappa shape index (κ2) is 4.82. The predicted octanol–water partition coefficient (Wildman–Crippen LogP) is 2.39. The summed E-state index contributed by atoms with van der Waals surface area (Å²) in [6.45, 7) is 3.63. The third-order valence-electron chi connectivity index (χ3n) is 3.38. The first-order valence-corrected chi connectivity index (χ1v) is 6.64. The van der Waals surface area contributed by atoms with E-state index >= 15 is 0 Å². The van der Waals surface area contributed by atoms with Gasteiger partial charge in [0.05, 0.1) is 23.3 Å². The molecule has 1 aliphatic heterocycles. The van der Waals surface area contributed by atoms with Crippen molar-refractivity contribution in [1.29, 1.82) is 0 Å². The molecule has 3 rings (SSSR count). The van der Waals surface area contributed by atoms with Crippen molar-refractivity contribution in [2.24, 2.45) is 0 Å². The highest BCUT2D eigenvalue weighted by Crippen LogP contribution is 2.26. The Morgan fingerprint density at radius 3 is 2.89 bits per heavy atom. The number of hydrogen-bond acceptors (Lipinski definition) is 4. The van der Waals surface area contributed by atoms with Crippen molar-refractivity contribution in [1.82, 2.24) is 19.7 Å². The van der Waals surface area contributed by atoms with Gasteiger partial charge in [0.25, 0.3) is 0 Å². The van der Waals surface area contributed by atoms with Crippen LogP contribution in [0.1, 0.15) is 31.5 Å². The second-order valence-electron chi connectivity index (χ2n) is 4.46. The zero-order valence-electron chi connectivity index (χ0n) is 10.3. The Bertz CT molecular complexity index is 562. The van der Waals surface area contributed by atoms with Crippen molar-refractivity contribution >= 4 is 22.6 Å². The van der Waals surface area contributed by atoms with Crippen LogP contribution in [0.3, 0.4) is 0 Å². The predicted molar refractivity (Wildman–Crippen MR) is 68.8 cm³/mol. The fourth-order valence-corrected chi connectivity index (χ4v) is 2.60.